The van der Waals surface area contributed by atoms with E-state index in [0.717, 1.165) is 35.5 Å². The summed E-state index contributed by atoms with van der Waals surface area (Å²) in [5.74, 6) is 7.85. The van der Waals surface area contributed by atoms with Gasteiger partial charge in [0.25, 0.3) is 0 Å². The van der Waals surface area contributed by atoms with E-state index in [1.807, 2.05) is 0 Å². The molecule has 0 aromatic heterocycles. The molecule has 0 saturated heterocycles. The lowest BCUT2D eigenvalue weighted by atomic mass is 9.63. The van der Waals surface area contributed by atoms with Crippen LogP contribution in [0.15, 0.2) is 0 Å². The molecule has 4 bridgehead atoms. The number of hydrogen-bond donors (Lipinski definition) is 0. The van der Waals surface area contributed by atoms with Gasteiger partial charge >= 0.3 is 0 Å². The maximum Gasteiger partial charge on any atom is -0.0318 e. The minimum Gasteiger partial charge on any atom is -0.0622 e. The molecule has 4 fully saturated rings. The first kappa shape index (κ1) is 9.97. The Balaban J connectivity index is 1.76. The van der Waals surface area contributed by atoms with Crippen LogP contribution in [0.5, 0.6) is 0 Å². The van der Waals surface area contributed by atoms with E-state index < -0.39 is 0 Å². The Hall–Kier alpha value is 0. The average Bonchev–Trinajstić information content (AvgIpc) is 2.86. The van der Waals surface area contributed by atoms with Gasteiger partial charge in [0.15, 0.2) is 0 Å². The fraction of sp³-hybridized carbons (Fsp3) is 1.00. The Kier molecular flexibility index (Phi) is 1.79. The van der Waals surface area contributed by atoms with Crippen LogP contribution in [-0.2, 0) is 0 Å². The fourth-order valence-electron chi connectivity index (χ4n) is 6.80. The molecule has 4 aliphatic rings. The van der Waals surface area contributed by atoms with Crippen LogP contribution in [0.2, 0.25) is 0 Å². The van der Waals surface area contributed by atoms with Gasteiger partial charge in [-0.2, -0.15) is 0 Å². The molecule has 0 heteroatoms. The largest absolute Gasteiger partial charge is 0.0622 e. The Morgan fingerprint density at radius 1 is 0.938 bits per heavy atom. The van der Waals surface area contributed by atoms with Crippen molar-refractivity contribution in [3.8, 4) is 0 Å². The molecule has 7 unspecified atom stereocenters. The highest BCUT2D eigenvalue weighted by Crippen LogP contribution is 2.70. The monoisotopic (exact) mass is 218 g/mol. The molecular weight excluding hydrogens is 192 g/mol. The zero-order valence-electron chi connectivity index (χ0n) is 11.1. The quantitative estimate of drug-likeness (QED) is 0.530. The van der Waals surface area contributed by atoms with Crippen molar-refractivity contribution in [2.24, 2.45) is 46.8 Å². The van der Waals surface area contributed by atoms with E-state index in [9.17, 15) is 0 Å². The molecule has 0 nitrogen and oxygen atoms in total. The SMILES string of the molecule is CC1CC(C)(C)C2CC1C1C3CCC(C3)C12. The van der Waals surface area contributed by atoms with E-state index in [1.165, 1.54) is 12.3 Å². The predicted molar refractivity (Wildman–Crippen MR) is 67.0 cm³/mol. The molecule has 4 rings (SSSR count). The van der Waals surface area contributed by atoms with Crippen molar-refractivity contribution in [1.29, 1.82) is 0 Å². The van der Waals surface area contributed by atoms with E-state index in [2.05, 4.69) is 20.8 Å². The third-order valence-corrected chi connectivity index (χ3v) is 7.11. The first-order valence-electron chi connectivity index (χ1n) is 7.58. The van der Waals surface area contributed by atoms with Crippen molar-refractivity contribution in [3.05, 3.63) is 0 Å². The first-order valence-corrected chi connectivity index (χ1v) is 7.58. The van der Waals surface area contributed by atoms with Crippen LogP contribution in [0.25, 0.3) is 0 Å². The third-order valence-electron chi connectivity index (χ3n) is 7.11. The van der Waals surface area contributed by atoms with Gasteiger partial charge in [0.2, 0.25) is 0 Å². The van der Waals surface area contributed by atoms with Gasteiger partial charge in [-0.3, -0.25) is 0 Å². The van der Waals surface area contributed by atoms with E-state index in [1.54, 1.807) is 25.7 Å². The smallest absolute Gasteiger partial charge is 0.0318 e. The van der Waals surface area contributed by atoms with Crippen LogP contribution in [0.4, 0.5) is 0 Å². The molecule has 0 N–H and O–H groups in total. The van der Waals surface area contributed by atoms with Crippen LogP contribution in [0.3, 0.4) is 0 Å². The van der Waals surface area contributed by atoms with Gasteiger partial charge in [0, 0.05) is 0 Å². The van der Waals surface area contributed by atoms with Crippen LogP contribution in [0.1, 0.15) is 52.9 Å². The zero-order chi connectivity index (χ0) is 11.1. The standard InChI is InChI=1S/C16H26/c1-9-8-16(2,3)13-7-12(9)14-10-4-5-11(6-10)15(13)14/h9-15H,4-8H2,1-3H3. The molecular formula is C16H26. The molecule has 0 heterocycles. The van der Waals surface area contributed by atoms with E-state index in [-0.39, 0.29) is 0 Å². The predicted octanol–water partition coefficient (Wildman–Crippen LogP) is 4.35. The van der Waals surface area contributed by atoms with E-state index >= 15 is 0 Å². The van der Waals surface area contributed by atoms with Gasteiger partial charge < -0.3 is 0 Å². The maximum absolute atomic E-state index is 2.57. The number of fused-ring (bicyclic) bond motifs is 9. The van der Waals surface area contributed by atoms with Crippen LogP contribution in [0, 0.1) is 46.8 Å². The highest BCUT2D eigenvalue weighted by atomic mass is 14.7. The third kappa shape index (κ3) is 1.03. The summed E-state index contributed by atoms with van der Waals surface area (Å²) in [5.41, 5.74) is 0.653. The lowest BCUT2D eigenvalue weighted by Crippen LogP contribution is -2.34. The molecule has 0 radical (unpaired) electrons. The van der Waals surface area contributed by atoms with Gasteiger partial charge in [-0.15, -0.1) is 0 Å². The highest BCUT2D eigenvalue weighted by molar-refractivity contribution is 5.11. The summed E-state index contributed by atoms with van der Waals surface area (Å²) in [5, 5.41) is 0. The molecule has 16 heavy (non-hydrogen) atoms. The first-order chi connectivity index (χ1) is 7.58. The van der Waals surface area contributed by atoms with Crippen molar-refractivity contribution in [2.45, 2.75) is 52.9 Å². The molecule has 0 aromatic carbocycles. The van der Waals surface area contributed by atoms with Gasteiger partial charge in [0.1, 0.15) is 0 Å². The topological polar surface area (TPSA) is 0 Å². The Bertz CT molecular complexity index is 314. The van der Waals surface area contributed by atoms with Crippen LogP contribution < -0.4 is 0 Å². The average molecular weight is 218 g/mol. The molecule has 0 amide bonds. The number of hydrogen-bond acceptors (Lipinski definition) is 0. The van der Waals surface area contributed by atoms with E-state index in [4.69, 9.17) is 0 Å². The van der Waals surface area contributed by atoms with Crippen LogP contribution in [-0.4, -0.2) is 0 Å². The molecule has 0 aliphatic heterocycles. The zero-order valence-corrected chi connectivity index (χ0v) is 11.1. The summed E-state index contributed by atoms with van der Waals surface area (Å²) < 4.78 is 0. The van der Waals surface area contributed by atoms with Crippen molar-refractivity contribution in [3.63, 3.8) is 0 Å². The van der Waals surface area contributed by atoms with Gasteiger partial charge in [-0.1, -0.05) is 20.8 Å². The van der Waals surface area contributed by atoms with Crippen molar-refractivity contribution < 1.29 is 0 Å². The second kappa shape index (κ2) is 2.87. The van der Waals surface area contributed by atoms with Gasteiger partial charge in [-0.05, 0) is 78.9 Å². The minimum atomic E-state index is 0.653. The molecule has 0 aromatic rings. The van der Waals surface area contributed by atoms with Crippen LogP contribution >= 0.6 is 0 Å². The maximum atomic E-state index is 2.57. The lowest BCUT2D eigenvalue weighted by molar-refractivity contribution is 0.0722. The lowest BCUT2D eigenvalue weighted by Gasteiger charge is -2.42. The summed E-state index contributed by atoms with van der Waals surface area (Å²) in [6.07, 6.45) is 7.89. The fourth-order valence-corrected chi connectivity index (χ4v) is 6.80. The summed E-state index contributed by atoms with van der Waals surface area (Å²) >= 11 is 0. The normalized spacial score (nSPS) is 61.3. The summed E-state index contributed by atoms with van der Waals surface area (Å²) in [4.78, 5) is 0. The highest BCUT2D eigenvalue weighted by Gasteiger charge is 2.63. The van der Waals surface area contributed by atoms with Crippen molar-refractivity contribution in [1.82, 2.24) is 0 Å². The number of rotatable bonds is 0. The van der Waals surface area contributed by atoms with Crippen molar-refractivity contribution >= 4 is 0 Å². The summed E-state index contributed by atoms with van der Waals surface area (Å²) in [6, 6.07) is 0. The second-order valence-electron chi connectivity index (χ2n) is 8.16. The molecule has 4 saturated carbocycles. The molecule has 0 spiro atoms. The summed E-state index contributed by atoms with van der Waals surface area (Å²) in [6.45, 7) is 7.69. The Morgan fingerprint density at radius 2 is 1.62 bits per heavy atom. The van der Waals surface area contributed by atoms with Gasteiger partial charge in [0.05, 0.1) is 0 Å². The molecule has 7 atom stereocenters. The van der Waals surface area contributed by atoms with Gasteiger partial charge in [-0.25, -0.2) is 0 Å². The minimum absolute atomic E-state index is 0.653. The molecule has 4 aliphatic carbocycles. The Morgan fingerprint density at radius 3 is 2.38 bits per heavy atom. The molecule has 90 valence electrons. The van der Waals surface area contributed by atoms with E-state index in [0.29, 0.717) is 5.41 Å². The summed E-state index contributed by atoms with van der Waals surface area (Å²) in [7, 11) is 0. The van der Waals surface area contributed by atoms with Crippen molar-refractivity contribution in [2.75, 3.05) is 0 Å². The second-order valence-corrected chi connectivity index (χ2v) is 8.16. The Labute approximate surface area is 100 Å².